The molecule has 2 aromatic carbocycles. The SMILES string of the molecule is CC(Nc1ccc(F)c(Cl)c1)c1ccc(F)cc1Cl. The highest BCUT2D eigenvalue weighted by Gasteiger charge is 2.11. The number of anilines is 1. The largest absolute Gasteiger partial charge is 0.378 e. The van der Waals surface area contributed by atoms with E-state index in [0.29, 0.717) is 10.7 Å². The van der Waals surface area contributed by atoms with Gasteiger partial charge < -0.3 is 5.32 Å². The highest BCUT2D eigenvalue weighted by molar-refractivity contribution is 6.31. The lowest BCUT2D eigenvalue weighted by atomic mass is 10.1. The van der Waals surface area contributed by atoms with E-state index in [1.165, 1.54) is 24.3 Å². The maximum Gasteiger partial charge on any atom is 0.141 e. The first-order valence-electron chi connectivity index (χ1n) is 5.64. The zero-order valence-corrected chi connectivity index (χ0v) is 11.6. The summed E-state index contributed by atoms with van der Waals surface area (Å²) in [4.78, 5) is 0. The van der Waals surface area contributed by atoms with Gasteiger partial charge in [-0.2, -0.15) is 0 Å². The second-order valence-corrected chi connectivity index (χ2v) is 4.98. The lowest BCUT2D eigenvalue weighted by molar-refractivity contribution is 0.626. The van der Waals surface area contributed by atoms with Gasteiger partial charge in [0.25, 0.3) is 0 Å². The van der Waals surface area contributed by atoms with Gasteiger partial charge in [-0.05, 0) is 42.8 Å². The van der Waals surface area contributed by atoms with Crippen LogP contribution in [0.2, 0.25) is 10.0 Å². The van der Waals surface area contributed by atoms with Crippen LogP contribution in [0.4, 0.5) is 14.5 Å². The molecule has 100 valence electrons. The van der Waals surface area contributed by atoms with Crippen LogP contribution < -0.4 is 5.32 Å². The minimum absolute atomic E-state index is 0.0439. The molecule has 0 aromatic heterocycles. The fraction of sp³-hybridized carbons (Fsp3) is 0.143. The van der Waals surface area contributed by atoms with Gasteiger partial charge >= 0.3 is 0 Å². The lowest BCUT2D eigenvalue weighted by Crippen LogP contribution is -2.07. The third-order valence-corrected chi connectivity index (χ3v) is 3.35. The number of halogens is 4. The summed E-state index contributed by atoms with van der Waals surface area (Å²) in [6.45, 7) is 1.87. The van der Waals surface area contributed by atoms with Crippen molar-refractivity contribution in [2.45, 2.75) is 13.0 Å². The molecular weight excluding hydrogens is 291 g/mol. The summed E-state index contributed by atoms with van der Waals surface area (Å²) >= 11 is 11.7. The summed E-state index contributed by atoms with van der Waals surface area (Å²) in [7, 11) is 0. The van der Waals surface area contributed by atoms with Crippen molar-refractivity contribution < 1.29 is 8.78 Å². The summed E-state index contributed by atoms with van der Waals surface area (Å²) < 4.78 is 26.0. The average molecular weight is 302 g/mol. The van der Waals surface area contributed by atoms with Crippen LogP contribution in [0, 0.1) is 11.6 Å². The third-order valence-electron chi connectivity index (χ3n) is 2.73. The molecule has 0 radical (unpaired) electrons. The molecule has 0 amide bonds. The normalized spacial score (nSPS) is 12.3. The smallest absolute Gasteiger partial charge is 0.141 e. The number of benzene rings is 2. The van der Waals surface area contributed by atoms with Gasteiger partial charge in [0.05, 0.1) is 5.02 Å². The molecule has 1 unspecified atom stereocenters. The van der Waals surface area contributed by atoms with Crippen molar-refractivity contribution in [3.63, 3.8) is 0 Å². The number of nitrogens with one attached hydrogen (secondary N) is 1. The Morgan fingerprint density at radius 2 is 1.74 bits per heavy atom. The monoisotopic (exact) mass is 301 g/mol. The van der Waals surface area contributed by atoms with Crippen molar-refractivity contribution in [1.82, 2.24) is 0 Å². The standard InChI is InChI=1S/C14H11Cl2F2N/c1-8(11-4-2-9(17)6-12(11)15)19-10-3-5-14(18)13(16)7-10/h2-8,19H,1H3. The van der Waals surface area contributed by atoms with E-state index in [1.54, 1.807) is 12.1 Å². The maximum atomic E-state index is 13.0. The highest BCUT2D eigenvalue weighted by atomic mass is 35.5. The van der Waals surface area contributed by atoms with Crippen LogP contribution in [0.15, 0.2) is 36.4 Å². The van der Waals surface area contributed by atoms with E-state index in [1.807, 2.05) is 6.92 Å². The zero-order chi connectivity index (χ0) is 14.0. The highest BCUT2D eigenvalue weighted by Crippen LogP contribution is 2.28. The first kappa shape index (κ1) is 14.1. The number of rotatable bonds is 3. The Labute approximate surface area is 120 Å². The fourth-order valence-electron chi connectivity index (χ4n) is 1.77. The molecule has 0 fully saturated rings. The molecule has 0 aliphatic rings. The van der Waals surface area contributed by atoms with Crippen LogP contribution in [0.3, 0.4) is 0 Å². The quantitative estimate of drug-likeness (QED) is 0.795. The molecule has 1 N–H and O–H groups in total. The van der Waals surface area contributed by atoms with Crippen LogP contribution in [-0.4, -0.2) is 0 Å². The van der Waals surface area contributed by atoms with E-state index in [0.717, 1.165) is 5.56 Å². The molecule has 0 spiro atoms. The zero-order valence-electron chi connectivity index (χ0n) is 10.1. The van der Waals surface area contributed by atoms with Gasteiger partial charge in [0.2, 0.25) is 0 Å². The number of hydrogen-bond donors (Lipinski definition) is 1. The molecule has 2 rings (SSSR count). The Morgan fingerprint density at radius 3 is 2.37 bits per heavy atom. The Morgan fingerprint density at radius 1 is 1.00 bits per heavy atom. The molecule has 0 saturated carbocycles. The van der Waals surface area contributed by atoms with Crippen molar-refractivity contribution in [3.8, 4) is 0 Å². The Hall–Kier alpha value is -1.32. The Balaban J connectivity index is 2.20. The van der Waals surface area contributed by atoms with Gasteiger partial charge in [-0.1, -0.05) is 29.3 Å². The first-order chi connectivity index (χ1) is 8.97. The molecule has 0 heterocycles. The molecule has 1 atom stereocenters. The lowest BCUT2D eigenvalue weighted by Gasteiger charge is -2.17. The summed E-state index contributed by atoms with van der Waals surface area (Å²) in [5, 5.41) is 3.51. The summed E-state index contributed by atoms with van der Waals surface area (Å²) in [6.07, 6.45) is 0. The van der Waals surface area contributed by atoms with E-state index in [-0.39, 0.29) is 16.9 Å². The fourth-order valence-corrected chi connectivity index (χ4v) is 2.28. The Kier molecular flexibility index (Phi) is 4.27. The van der Waals surface area contributed by atoms with Crippen molar-refractivity contribution >= 4 is 28.9 Å². The Bertz CT molecular complexity index is 602. The van der Waals surface area contributed by atoms with E-state index in [2.05, 4.69) is 5.32 Å². The minimum Gasteiger partial charge on any atom is -0.378 e. The predicted octanol–water partition coefficient (Wildman–Crippen LogP) is 5.44. The third kappa shape index (κ3) is 3.37. The predicted molar refractivity (Wildman–Crippen MR) is 74.9 cm³/mol. The first-order valence-corrected chi connectivity index (χ1v) is 6.39. The number of hydrogen-bond acceptors (Lipinski definition) is 1. The molecule has 5 heteroatoms. The van der Waals surface area contributed by atoms with Crippen molar-refractivity contribution in [3.05, 3.63) is 63.6 Å². The molecule has 0 aliphatic carbocycles. The molecule has 1 nitrogen and oxygen atoms in total. The summed E-state index contributed by atoms with van der Waals surface area (Å²) in [5.74, 6) is -0.856. The summed E-state index contributed by atoms with van der Waals surface area (Å²) in [5.41, 5.74) is 1.42. The molecule has 0 bridgehead atoms. The van der Waals surface area contributed by atoms with Crippen molar-refractivity contribution in [2.24, 2.45) is 0 Å². The second kappa shape index (κ2) is 5.76. The van der Waals surface area contributed by atoms with Crippen LogP contribution in [0.25, 0.3) is 0 Å². The van der Waals surface area contributed by atoms with E-state index >= 15 is 0 Å². The topological polar surface area (TPSA) is 12.0 Å². The van der Waals surface area contributed by atoms with Crippen LogP contribution in [-0.2, 0) is 0 Å². The van der Waals surface area contributed by atoms with Gasteiger partial charge in [0.15, 0.2) is 0 Å². The van der Waals surface area contributed by atoms with Crippen molar-refractivity contribution in [2.75, 3.05) is 5.32 Å². The summed E-state index contributed by atoms with van der Waals surface area (Å²) in [6, 6.07) is 8.41. The van der Waals surface area contributed by atoms with Gasteiger partial charge in [-0.15, -0.1) is 0 Å². The van der Waals surface area contributed by atoms with E-state index in [4.69, 9.17) is 23.2 Å². The van der Waals surface area contributed by atoms with Crippen LogP contribution >= 0.6 is 23.2 Å². The molecular formula is C14H11Cl2F2N. The van der Waals surface area contributed by atoms with Gasteiger partial charge in [-0.25, -0.2) is 8.78 Å². The second-order valence-electron chi connectivity index (χ2n) is 4.16. The van der Waals surface area contributed by atoms with Crippen LogP contribution in [0.1, 0.15) is 18.5 Å². The molecule has 0 aliphatic heterocycles. The molecule has 0 saturated heterocycles. The van der Waals surface area contributed by atoms with Gasteiger partial charge in [0.1, 0.15) is 11.6 Å². The van der Waals surface area contributed by atoms with Crippen LogP contribution in [0.5, 0.6) is 0 Å². The van der Waals surface area contributed by atoms with Gasteiger partial charge in [0, 0.05) is 16.8 Å². The average Bonchev–Trinajstić information content (AvgIpc) is 2.33. The molecule has 19 heavy (non-hydrogen) atoms. The van der Waals surface area contributed by atoms with Gasteiger partial charge in [-0.3, -0.25) is 0 Å². The minimum atomic E-state index is -0.473. The molecule has 2 aromatic rings. The van der Waals surface area contributed by atoms with E-state index < -0.39 is 5.82 Å². The maximum absolute atomic E-state index is 13.0. The van der Waals surface area contributed by atoms with Crippen molar-refractivity contribution in [1.29, 1.82) is 0 Å². The van der Waals surface area contributed by atoms with E-state index in [9.17, 15) is 8.78 Å².